The van der Waals surface area contributed by atoms with Crippen molar-refractivity contribution >= 4 is 22.5 Å². The Labute approximate surface area is 216 Å². The zero-order valence-corrected chi connectivity index (χ0v) is 20.6. The number of ketones is 2. The average Bonchev–Trinajstić information content (AvgIpc) is 2.97. The van der Waals surface area contributed by atoms with Gasteiger partial charge in [0.05, 0.1) is 18.3 Å². The molecule has 4 heteroatoms. The third-order valence-electron chi connectivity index (χ3n) is 6.59. The molecule has 0 aliphatic heterocycles. The zero-order chi connectivity index (χ0) is 25.6. The van der Waals surface area contributed by atoms with Gasteiger partial charge in [-0.25, -0.2) is 4.98 Å². The highest BCUT2D eigenvalue weighted by molar-refractivity contribution is 6.00. The van der Waals surface area contributed by atoms with Crippen molar-refractivity contribution in [3.63, 3.8) is 0 Å². The summed E-state index contributed by atoms with van der Waals surface area (Å²) in [5.74, 6) is 0.349. The van der Waals surface area contributed by atoms with Gasteiger partial charge in [0, 0.05) is 40.8 Å². The zero-order valence-electron chi connectivity index (χ0n) is 20.6. The van der Waals surface area contributed by atoms with Gasteiger partial charge in [0.25, 0.3) is 0 Å². The van der Waals surface area contributed by atoms with Crippen molar-refractivity contribution < 1.29 is 14.3 Å². The molecule has 0 atom stereocenters. The lowest BCUT2D eigenvalue weighted by atomic mass is 9.83. The molecule has 0 aliphatic rings. The van der Waals surface area contributed by atoms with Crippen LogP contribution in [0.15, 0.2) is 115 Å². The number of hydrogen-bond acceptors (Lipinski definition) is 4. The Morgan fingerprint density at radius 1 is 0.703 bits per heavy atom. The second-order valence-electron chi connectivity index (χ2n) is 9.03. The minimum Gasteiger partial charge on any atom is -0.497 e. The van der Waals surface area contributed by atoms with E-state index in [1.54, 1.807) is 7.11 Å². The number of carbonyl (C=O) groups is 2. The Bertz CT molecular complexity index is 1490. The monoisotopic (exact) mass is 485 g/mol. The smallest absolute Gasteiger partial charge is 0.163 e. The molecule has 0 unspecified atom stereocenters. The molecule has 5 rings (SSSR count). The molecule has 0 N–H and O–H groups in total. The Hall–Kier alpha value is -4.57. The number of carbonyl (C=O) groups excluding carboxylic acids is 2. The second kappa shape index (κ2) is 11.0. The van der Waals surface area contributed by atoms with Crippen molar-refractivity contribution in [2.75, 3.05) is 7.11 Å². The van der Waals surface area contributed by atoms with Gasteiger partial charge in [-0.15, -0.1) is 0 Å². The molecule has 0 fully saturated rings. The molecule has 0 saturated carbocycles. The van der Waals surface area contributed by atoms with E-state index in [1.807, 2.05) is 109 Å². The third-order valence-corrected chi connectivity index (χ3v) is 6.59. The van der Waals surface area contributed by atoms with E-state index in [2.05, 4.69) is 6.07 Å². The summed E-state index contributed by atoms with van der Waals surface area (Å²) in [5.41, 5.74) is 4.63. The standard InChI is InChI=1S/C33H27NO3/c1-37-28-17-10-16-26(19-28)33-29(20-25-15-8-9-18-30(25)34-33)27(21-31(35)23-11-4-2-5-12-23)22-32(36)24-13-6-3-7-14-24/h2-20,27H,21-22H2,1H3. The molecule has 4 nitrogen and oxygen atoms in total. The molecule has 4 aromatic carbocycles. The summed E-state index contributed by atoms with van der Waals surface area (Å²) in [6.07, 6.45) is 0.388. The summed E-state index contributed by atoms with van der Waals surface area (Å²) in [7, 11) is 1.63. The number of methoxy groups -OCH3 is 1. The molecule has 37 heavy (non-hydrogen) atoms. The minimum atomic E-state index is -0.362. The molecule has 5 aromatic rings. The number of pyridine rings is 1. The van der Waals surface area contributed by atoms with E-state index in [1.165, 1.54) is 0 Å². The fourth-order valence-corrected chi connectivity index (χ4v) is 4.67. The molecule has 0 bridgehead atoms. The molecule has 182 valence electrons. The van der Waals surface area contributed by atoms with Crippen LogP contribution < -0.4 is 4.74 Å². The maximum Gasteiger partial charge on any atom is 0.163 e. The first-order valence-electron chi connectivity index (χ1n) is 12.3. The summed E-state index contributed by atoms with van der Waals surface area (Å²) in [6.45, 7) is 0. The van der Waals surface area contributed by atoms with Gasteiger partial charge in [-0.05, 0) is 29.8 Å². The van der Waals surface area contributed by atoms with E-state index >= 15 is 0 Å². The van der Waals surface area contributed by atoms with Gasteiger partial charge in [0.15, 0.2) is 11.6 Å². The Morgan fingerprint density at radius 3 is 1.92 bits per heavy atom. The number of rotatable bonds is 9. The molecule has 0 radical (unpaired) electrons. The van der Waals surface area contributed by atoms with Crippen LogP contribution in [0.4, 0.5) is 0 Å². The van der Waals surface area contributed by atoms with E-state index in [0.29, 0.717) is 11.1 Å². The highest BCUT2D eigenvalue weighted by Gasteiger charge is 2.25. The van der Waals surface area contributed by atoms with Crippen LogP contribution in [0.5, 0.6) is 5.75 Å². The highest BCUT2D eigenvalue weighted by atomic mass is 16.5. The van der Waals surface area contributed by atoms with Gasteiger partial charge in [-0.3, -0.25) is 9.59 Å². The lowest BCUT2D eigenvalue weighted by Gasteiger charge is -2.21. The van der Waals surface area contributed by atoms with Crippen molar-refractivity contribution in [3.05, 3.63) is 132 Å². The van der Waals surface area contributed by atoms with Gasteiger partial charge in [0.2, 0.25) is 0 Å². The molecular weight excluding hydrogens is 458 g/mol. The van der Waals surface area contributed by atoms with Crippen molar-refractivity contribution in [1.29, 1.82) is 0 Å². The van der Waals surface area contributed by atoms with E-state index < -0.39 is 0 Å². The summed E-state index contributed by atoms with van der Waals surface area (Å²) < 4.78 is 5.47. The van der Waals surface area contributed by atoms with Crippen LogP contribution in [0, 0.1) is 0 Å². The summed E-state index contributed by atoms with van der Waals surface area (Å²) in [4.78, 5) is 31.8. The number of benzene rings is 4. The number of Topliss-reactive ketones (excluding diaryl/α,β-unsaturated/α-hetero) is 2. The van der Waals surface area contributed by atoms with E-state index in [0.717, 1.165) is 33.5 Å². The topological polar surface area (TPSA) is 56.3 Å². The Morgan fingerprint density at radius 2 is 1.30 bits per heavy atom. The van der Waals surface area contributed by atoms with Crippen LogP contribution in [0.25, 0.3) is 22.2 Å². The Balaban J connectivity index is 1.64. The van der Waals surface area contributed by atoms with E-state index in [-0.39, 0.29) is 30.3 Å². The van der Waals surface area contributed by atoms with Crippen LogP contribution in [-0.2, 0) is 0 Å². The fraction of sp³-hybridized carbons (Fsp3) is 0.121. The molecular formula is C33H27NO3. The third kappa shape index (κ3) is 5.49. The largest absolute Gasteiger partial charge is 0.497 e. The molecule has 1 aromatic heterocycles. The fourth-order valence-electron chi connectivity index (χ4n) is 4.67. The lowest BCUT2D eigenvalue weighted by molar-refractivity contribution is 0.0944. The van der Waals surface area contributed by atoms with Gasteiger partial charge >= 0.3 is 0 Å². The molecule has 1 heterocycles. The number of para-hydroxylation sites is 1. The SMILES string of the molecule is COc1cccc(-c2nc3ccccc3cc2C(CC(=O)c2ccccc2)CC(=O)c2ccccc2)c1. The predicted octanol–water partition coefficient (Wildman–Crippen LogP) is 7.54. The predicted molar refractivity (Wildman–Crippen MR) is 147 cm³/mol. The number of nitrogens with zero attached hydrogens (tertiary/aromatic N) is 1. The summed E-state index contributed by atoms with van der Waals surface area (Å²) >= 11 is 0. The second-order valence-corrected chi connectivity index (χ2v) is 9.03. The van der Waals surface area contributed by atoms with Crippen molar-refractivity contribution in [2.45, 2.75) is 18.8 Å². The van der Waals surface area contributed by atoms with Crippen molar-refractivity contribution in [2.24, 2.45) is 0 Å². The van der Waals surface area contributed by atoms with Gasteiger partial charge in [-0.1, -0.05) is 91.0 Å². The summed E-state index contributed by atoms with van der Waals surface area (Å²) in [5, 5.41) is 0.966. The van der Waals surface area contributed by atoms with Crippen LogP contribution in [-0.4, -0.2) is 23.7 Å². The van der Waals surface area contributed by atoms with Gasteiger partial charge < -0.3 is 4.74 Å². The molecule has 0 amide bonds. The van der Waals surface area contributed by atoms with E-state index in [4.69, 9.17) is 9.72 Å². The normalized spacial score (nSPS) is 11.0. The first-order chi connectivity index (χ1) is 18.1. The number of ether oxygens (including phenoxy) is 1. The van der Waals surface area contributed by atoms with Crippen LogP contribution >= 0.6 is 0 Å². The van der Waals surface area contributed by atoms with Crippen LogP contribution in [0.2, 0.25) is 0 Å². The quantitative estimate of drug-likeness (QED) is 0.202. The highest BCUT2D eigenvalue weighted by Crippen LogP contribution is 2.37. The average molecular weight is 486 g/mol. The van der Waals surface area contributed by atoms with Crippen LogP contribution in [0.1, 0.15) is 45.0 Å². The number of aromatic nitrogens is 1. The lowest BCUT2D eigenvalue weighted by Crippen LogP contribution is -2.14. The van der Waals surface area contributed by atoms with Gasteiger partial charge in [0.1, 0.15) is 5.75 Å². The van der Waals surface area contributed by atoms with Crippen molar-refractivity contribution in [1.82, 2.24) is 4.98 Å². The molecule has 0 aliphatic carbocycles. The number of fused-ring (bicyclic) bond motifs is 1. The number of hydrogen-bond donors (Lipinski definition) is 0. The van der Waals surface area contributed by atoms with Crippen LogP contribution in [0.3, 0.4) is 0 Å². The maximum atomic E-state index is 13.4. The first kappa shape index (κ1) is 24.1. The Kier molecular flexibility index (Phi) is 7.18. The molecule has 0 saturated heterocycles. The maximum absolute atomic E-state index is 13.4. The minimum absolute atomic E-state index is 0.00351. The summed E-state index contributed by atoms with van der Waals surface area (Å²) in [6, 6.07) is 36.2. The van der Waals surface area contributed by atoms with Gasteiger partial charge in [-0.2, -0.15) is 0 Å². The van der Waals surface area contributed by atoms with E-state index in [9.17, 15) is 9.59 Å². The van der Waals surface area contributed by atoms with Crippen molar-refractivity contribution in [3.8, 4) is 17.0 Å². The molecule has 0 spiro atoms. The first-order valence-corrected chi connectivity index (χ1v) is 12.3.